The molecule has 1 saturated carbocycles. The van der Waals surface area contributed by atoms with Crippen molar-refractivity contribution < 1.29 is 24.5 Å². The molecule has 6 atom stereocenters. The van der Waals surface area contributed by atoms with E-state index in [1.54, 1.807) is 30.3 Å². The Morgan fingerprint density at radius 3 is 2.91 bits per heavy atom. The Hall–Kier alpha value is -1.21. The molecule has 0 bridgehead atoms. The Kier molecular flexibility index (Phi) is 9.77. The van der Waals surface area contributed by atoms with Crippen molar-refractivity contribution >= 4 is 29.3 Å². The van der Waals surface area contributed by atoms with Gasteiger partial charge in [-0.3, -0.25) is 4.79 Å². The molecule has 2 fully saturated rings. The lowest BCUT2D eigenvalue weighted by Gasteiger charge is -2.33. The molecule has 0 unspecified atom stereocenters. The lowest BCUT2D eigenvalue weighted by molar-refractivity contribution is -0.147. The van der Waals surface area contributed by atoms with Crippen LogP contribution in [-0.2, 0) is 9.53 Å². The molecule has 7 heteroatoms. The van der Waals surface area contributed by atoms with E-state index in [2.05, 4.69) is 0 Å². The molecule has 178 valence electrons. The predicted octanol–water partition coefficient (Wildman–Crippen LogP) is 5.02. The normalized spacial score (nSPS) is 28.6. The summed E-state index contributed by atoms with van der Waals surface area (Å²) in [6.45, 7) is 3.89. The Bertz CT molecular complexity index is 770. The van der Waals surface area contributed by atoms with Crippen LogP contribution in [0, 0.1) is 11.8 Å². The lowest BCUT2D eigenvalue weighted by Crippen LogP contribution is -2.27. The van der Waals surface area contributed by atoms with Crippen molar-refractivity contribution in [3.05, 3.63) is 41.4 Å². The van der Waals surface area contributed by atoms with E-state index in [4.69, 9.17) is 21.1 Å². The number of aliphatic hydroxyl groups is 2. The molecule has 1 aliphatic carbocycles. The number of halogens is 1. The molecule has 5 nitrogen and oxygen atoms in total. The van der Waals surface area contributed by atoms with Gasteiger partial charge in [-0.05, 0) is 70.1 Å². The van der Waals surface area contributed by atoms with E-state index in [0.717, 1.165) is 32.1 Å². The van der Waals surface area contributed by atoms with Gasteiger partial charge in [-0.15, -0.1) is 0 Å². The number of esters is 1. The summed E-state index contributed by atoms with van der Waals surface area (Å²) in [6.07, 6.45) is 7.84. The molecule has 0 spiro atoms. The highest BCUT2D eigenvalue weighted by Gasteiger charge is 2.44. The summed E-state index contributed by atoms with van der Waals surface area (Å²) >= 11 is 7.92. The Morgan fingerprint density at radius 1 is 1.34 bits per heavy atom. The number of hydrogen-bond donors (Lipinski definition) is 2. The van der Waals surface area contributed by atoms with E-state index < -0.39 is 6.10 Å². The molecule has 2 aliphatic rings. The third-order valence-electron chi connectivity index (χ3n) is 6.13. The maximum absolute atomic E-state index is 11.7. The number of carbonyl (C=O) groups is 1. The minimum Gasteiger partial charge on any atom is -0.491 e. The van der Waals surface area contributed by atoms with Gasteiger partial charge in [-0.2, -0.15) is 11.8 Å². The fourth-order valence-electron chi connectivity index (χ4n) is 4.66. The third-order valence-corrected chi connectivity index (χ3v) is 8.11. The van der Waals surface area contributed by atoms with Crippen LogP contribution in [0.2, 0.25) is 5.02 Å². The molecular formula is C25H35ClO5S. The zero-order valence-electron chi connectivity index (χ0n) is 18.9. The molecule has 1 heterocycles. The molecule has 1 saturated heterocycles. The van der Waals surface area contributed by atoms with E-state index in [0.29, 0.717) is 33.6 Å². The van der Waals surface area contributed by atoms with Gasteiger partial charge in [0.25, 0.3) is 0 Å². The zero-order valence-corrected chi connectivity index (χ0v) is 20.4. The predicted molar refractivity (Wildman–Crippen MR) is 129 cm³/mol. The van der Waals surface area contributed by atoms with Crippen LogP contribution in [0.15, 0.2) is 36.4 Å². The van der Waals surface area contributed by atoms with Gasteiger partial charge in [0.05, 0.1) is 12.2 Å². The highest BCUT2D eigenvalue weighted by molar-refractivity contribution is 8.00. The van der Waals surface area contributed by atoms with Crippen molar-refractivity contribution in [3.8, 4) is 5.75 Å². The van der Waals surface area contributed by atoms with E-state index in [-0.39, 0.29) is 30.7 Å². The number of carbonyl (C=O) groups excluding carboxylic acids is 1. The van der Waals surface area contributed by atoms with Gasteiger partial charge in [-0.1, -0.05) is 29.8 Å². The summed E-state index contributed by atoms with van der Waals surface area (Å²) in [7, 11) is 0. The highest BCUT2D eigenvalue weighted by atomic mass is 35.5. The molecule has 1 aliphatic heterocycles. The van der Waals surface area contributed by atoms with E-state index in [1.165, 1.54) is 0 Å². The zero-order chi connectivity index (χ0) is 23.1. The number of hydrogen-bond acceptors (Lipinski definition) is 6. The fourth-order valence-corrected chi connectivity index (χ4v) is 6.74. The first kappa shape index (κ1) is 25.4. The van der Waals surface area contributed by atoms with Crippen molar-refractivity contribution in [3.63, 3.8) is 0 Å². The standard InChI is InChI=1S/C25H35ClO5S/c1-16(2)31-25(29)8-4-7-20-10-12-22-21(23(28)14-24(22)32-20)11-9-18(27)15-30-19-6-3-5-17(26)13-19/h3,5-6,9,11,13,16,18,20-24,27-28H,4,7-8,10,12,14-15H2,1-2H3/t18-,20+,21-,22-,23-,24+/m1/s1. The lowest BCUT2D eigenvalue weighted by atomic mass is 9.88. The van der Waals surface area contributed by atoms with Crippen molar-refractivity contribution in [2.75, 3.05) is 6.61 Å². The van der Waals surface area contributed by atoms with Crippen molar-refractivity contribution in [2.24, 2.45) is 11.8 Å². The largest absolute Gasteiger partial charge is 0.491 e. The summed E-state index contributed by atoms with van der Waals surface area (Å²) in [5.74, 6) is 1.00. The molecule has 0 aromatic heterocycles. The SMILES string of the molecule is CC(C)OC(=O)CCC[C@H]1CC[C@@H]2[C@@H](C=C[C@@H](O)COc3cccc(Cl)c3)[C@H](O)C[C@@H]2S1. The first-order chi connectivity index (χ1) is 15.3. The van der Waals surface area contributed by atoms with E-state index in [1.807, 2.05) is 31.7 Å². The van der Waals surface area contributed by atoms with Gasteiger partial charge >= 0.3 is 5.97 Å². The topological polar surface area (TPSA) is 76.0 Å². The Labute approximate surface area is 200 Å². The molecule has 32 heavy (non-hydrogen) atoms. The van der Waals surface area contributed by atoms with Gasteiger partial charge in [-0.25, -0.2) is 0 Å². The number of ether oxygens (including phenoxy) is 2. The number of fused-ring (bicyclic) bond motifs is 1. The first-order valence-electron chi connectivity index (χ1n) is 11.6. The van der Waals surface area contributed by atoms with E-state index in [9.17, 15) is 15.0 Å². The molecule has 1 aromatic rings. The van der Waals surface area contributed by atoms with Crippen LogP contribution in [0.3, 0.4) is 0 Å². The van der Waals surface area contributed by atoms with Crippen LogP contribution in [0.1, 0.15) is 52.4 Å². The average molecular weight is 483 g/mol. The van der Waals surface area contributed by atoms with Crippen LogP contribution in [0.5, 0.6) is 5.75 Å². The summed E-state index contributed by atoms with van der Waals surface area (Å²) in [6, 6.07) is 7.10. The maximum atomic E-state index is 11.7. The van der Waals surface area contributed by atoms with Crippen LogP contribution >= 0.6 is 23.4 Å². The van der Waals surface area contributed by atoms with Gasteiger partial charge in [0.2, 0.25) is 0 Å². The number of benzene rings is 1. The van der Waals surface area contributed by atoms with Crippen molar-refractivity contribution in [1.82, 2.24) is 0 Å². The molecule has 1 aromatic carbocycles. The summed E-state index contributed by atoms with van der Waals surface area (Å²) in [5, 5.41) is 22.5. The fraction of sp³-hybridized carbons (Fsp3) is 0.640. The molecule has 2 N–H and O–H groups in total. The third kappa shape index (κ3) is 7.68. The quantitative estimate of drug-likeness (QED) is 0.360. The van der Waals surface area contributed by atoms with E-state index >= 15 is 0 Å². The van der Waals surface area contributed by atoms with Gasteiger partial charge in [0.1, 0.15) is 18.5 Å². The number of aliphatic hydroxyl groups excluding tert-OH is 2. The van der Waals surface area contributed by atoms with Crippen LogP contribution < -0.4 is 4.74 Å². The second-order valence-electron chi connectivity index (χ2n) is 9.07. The smallest absolute Gasteiger partial charge is 0.306 e. The highest BCUT2D eigenvalue weighted by Crippen LogP contribution is 2.49. The van der Waals surface area contributed by atoms with Gasteiger partial charge in [0, 0.05) is 27.9 Å². The molecule has 3 rings (SSSR count). The monoisotopic (exact) mass is 482 g/mol. The molecule has 0 radical (unpaired) electrons. The molecular weight excluding hydrogens is 448 g/mol. The first-order valence-corrected chi connectivity index (χ1v) is 12.9. The second kappa shape index (κ2) is 12.3. The van der Waals surface area contributed by atoms with Crippen LogP contribution in [0.4, 0.5) is 0 Å². The average Bonchev–Trinajstić information content (AvgIpc) is 3.04. The maximum Gasteiger partial charge on any atom is 0.306 e. The van der Waals surface area contributed by atoms with Gasteiger partial charge in [0.15, 0.2) is 0 Å². The summed E-state index contributed by atoms with van der Waals surface area (Å²) in [5.41, 5.74) is 0. The summed E-state index contributed by atoms with van der Waals surface area (Å²) < 4.78 is 10.8. The Balaban J connectivity index is 1.42. The second-order valence-corrected chi connectivity index (χ2v) is 11.1. The minimum atomic E-state index is -0.741. The molecule has 0 amide bonds. The number of thioether (sulfide) groups is 1. The van der Waals surface area contributed by atoms with Crippen molar-refractivity contribution in [2.45, 2.75) is 81.2 Å². The van der Waals surface area contributed by atoms with Crippen LogP contribution in [-0.4, -0.2) is 51.6 Å². The van der Waals surface area contributed by atoms with Crippen LogP contribution in [0.25, 0.3) is 0 Å². The minimum absolute atomic E-state index is 0.0563. The number of rotatable bonds is 10. The summed E-state index contributed by atoms with van der Waals surface area (Å²) in [4.78, 5) is 11.7. The van der Waals surface area contributed by atoms with Crippen molar-refractivity contribution in [1.29, 1.82) is 0 Å². The van der Waals surface area contributed by atoms with Gasteiger partial charge < -0.3 is 19.7 Å². The Morgan fingerprint density at radius 2 is 2.16 bits per heavy atom.